The molecule has 0 amide bonds. The van der Waals surface area contributed by atoms with Gasteiger partial charge >= 0.3 is 0 Å². The minimum Gasteiger partial charge on any atom is -0.399 e. The van der Waals surface area contributed by atoms with Crippen molar-refractivity contribution < 1.29 is 0 Å². The smallest absolute Gasteiger partial charge is 0.0362 e. The lowest BCUT2D eigenvalue weighted by molar-refractivity contribution is 0.689. The van der Waals surface area contributed by atoms with Gasteiger partial charge in [0.1, 0.15) is 0 Å². The summed E-state index contributed by atoms with van der Waals surface area (Å²) >= 11 is 2.52. The molecule has 1 unspecified atom stereocenters. The first-order chi connectivity index (χ1) is 5.77. The third-order valence-corrected chi connectivity index (χ3v) is 3.70. The topological polar surface area (TPSA) is 26.0 Å². The van der Waals surface area contributed by atoms with Gasteiger partial charge in [0, 0.05) is 9.61 Å². The molecule has 0 spiro atoms. The van der Waals surface area contributed by atoms with Crippen molar-refractivity contribution in [1.29, 1.82) is 0 Å². The van der Waals surface area contributed by atoms with Crippen LogP contribution in [0.2, 0.25) is 0 Å². The van der Waals surface area contributed by atoms with Gasteiger partial charge in [-0.2, -0.15) is 0 Å². The van der Waals surface area contributed by atoms with Gasteiger partial charge in [0.2, 0.25) is 0 Å². The number of anilines is 1. The van der Waals surface area contributed by atoms with E-state index in [1.54, 1.807) is 0 Å². The van der Waals surface area contributed by atoms with Gasteiger partial charge in [0.05, 0.1) is 0 Å². The SMILES string of the molecule is Cl.Cl.Nc1ccc2c(c1)CCCC2I. The van der Waals surface area contributed by atoms with Crippen LogP contribution in [0.1, 0.15) is 27.9 Å². The Bertz CT molecular complexity index is 304. The number of benzene rings is 1. The zero-order valence-electron chi connectivity index (χ0n) is 7.70. The standard InChI is InChI=1S/C10H12IN.2ClH/c11-10-3-1-2-7-6-8(12)4-5-9(7)10;;/h4-6,10H,1-3,12H2;2*1H. The van der Waals surface area contributed by atoms with Crippen LogP contribution in [0.4, 0.5) is 5.69 Å². The van der Waals surface area contributed by atoms with E-state index >= 15 is 0 Å². The lowest BCUT2D eigenvalue weighted by atomic mass is 9.91. The van der Waals surface area contributed by atoms with Crippen molar-refractivity contribution in [2.24, 2.45) is 0 Å². The highest BCUT2D eigenvalue weighted by atomic mass is 127. The number of rotatable bonds is 0. The zero-order valence-corrected chi connectivity index (χ0v) is 11.5. The second kappa shape index (κ2) is 6.03. The zero-order chi connectivity index (χ0) is 8.55. The molecule has 0 saturated carbocycles. The summed E-state index contributed by atoms with van der Waals surface area (Å²) in [5.74, 6) is 0. The molecule has 1 aromatic rings. The Morgan fingerprint density at radius 1 is 1.29 bits per heavy atom. The Morgan fingerprint density at radius 2 is 2.00 bits per heavy atom. The van der Waals surface area contributed by atoms with Gasteiger partial charge in [-0.3, -0.25) is 0 Å². The molecule has 1 aliphatic rings. The summed E-state index contributed by atoms with van der Waals surface area (Å²) in [4.78, 5) is 0. The van der Waals surface area contributed by atoms with Gasteiger partial charge in [0.25, 0.3) is 0 Å². The second-order valence-electron chi connectivity index (χ2n) is 3.32. The van der Waals surface area contributed by atoms with Crippen LogP contribution in [0, 0.1) is 0 Å². The van der Waals surface area contributed by atoms with E-state index in [4.69, 9.17) is 5.73 Å². The number of halogens is 3. The third kappa shape index (κ3) is 2.91. The van der Waals surface area contributed by atoms with Crippen LogP contribution in [0.15, 0.2) is 18.2 Å². The third-order valence-electron chi connectivity index (χ3n) is 2.41. The van der Waals surface area contributed by atoms with Crippen molar-refractivity contribution in [2.45, 2.75) is 23.2 Å². The number of nitrogen functional groups attached to an aromatic ring is 1. The number of hydrogen-bond acceptors (Lipinski definition) is 1. The highest BCUT2D eigenvalue weighted by Crippen LogP contribution is 2.36. The average molecular weight is 346 g/mol. The van der Waals surface area contributed by atoms with Crippen LogP contribution >= 0.6 is 47.4 Å². The molecule has 14 heavy (non-hydrogen) atoms. The van der Waals surface area contributed by atoms with Crippen molar-refractivity contribution in [1.82, 2.24) is 0 Å². The van der Waals surface area contributed by atoms with Crippen LogP contribution < -0.4 is 5.73 Å². The number of fused-ring (bicyclic) bond motifs is 1. The molecule has 0 radical (unpaired) electrons. The lowest BCUT2D eigenvalue weighted by Crippen LogP contribution is -2.05. The average Bonchev–Trinajstić information content (AvgIpc) is 2.04. The van der Waals surface area contributed by atoms with Crippen molar-refractivity contribution in [3.63, 3.8) is 0 Å². The van der Waals surface area contributed by atoms with E-state index in [0.29, 0.717) is 3.92 Å². The second-order valence-corrected chi connectivity index (χ2v) is 4.82. The van der Waals surface area contributed by atoms with Crippen molar-refractivity contribution >= 4 is 53.1 Å². The molecule has 0 heterocycles. The fourth-order valence-corrected chi connectivity index (χ4v) is 2.82. The molecule has 80 valence electrons. The molecular formula is C10H14Cl2IN. The highest BCUT2D eigenvalue weighted by Gasteiger charge is 2.16. The maximum Gasteiger partial charge on any atom is 0.0362 e. The van der Waals surface area contributed by atoms with E-state index in [1.807, 2.05) is 6.07 Å². The molecule has 0 aromatic heterocycles. The van der Waals surface area contributed by atoms with Crippen molar-refractivity contribution in [2.75, 3.05) is 5.73 Å². The van der Waals surface area contributed by atoms with Gasteiger partial charge in [-0.15, -0.1) is 24.8 Å². The van der Waals surface area contributed by atoms with E-state index < -0.39 is 0 Å². The Morgan fingerprint density at radius 3 is 2.71 bits per heavy atom. The molecular weight excluding hydrogens is 332 g/mol. The number of nitrogens with two attached hydrogens (primary N) is 1. The summed E-state index contributed by atoms with van der Waals surface area (Å²) in [6.07, 6.45) is 3.83. The predicted octanol–water partition coefficient (Wildman–Crippen LogP) is 3.92. The summed E-state index contributed by atoms with van der Waals surface area (Å²) in [7, 11) is 0. The van der Waals surface area contributed by atoms with E-state index in [1.165, 1.54) is 30.4 Å². The summed E-state index contributed by atoms with van der Waals surface area (Å²) in [5, 5.41) is 0. The Hall–Kier alpha value is 0.330. The normalized spacial score (nSPS) is 18.8. The molecule has 0 saturated heterocycles. The molecule has 0 bridgehead atoms. The first-order valence-corrected chi connectivity index (χ1v) is 5.54. The summed E-state index contributed by atoms with van der Waals surface area (Å²) in [5.41, 5.74) is 9.58. The van der Waals surface area contributed by atoms with Gasteiger partial charge < -0.3 is 5.73 Å². The number of hydrogen-bond donors (Lipinski definition) is 1. The Balaban J connectivity index is 0.000000845. The quantitative estimate of drug-likeness (QED) is 0.430. The van der Waals surface area contributed by atoms with Gasteiger partial charge in [-0.1, -0.05) is 28.7 Å². The lowest BCUT2D eigenvalue weighted by Gasteiger charge is -2.20. The Kier molecular flexibility index (Phi) is 6.17. The molecule has 4 heteroatoms. The van der Waals surface area contributed by atoms with E-state index in [-0.39, 0.29) is 24.8 Å². The van der Waals surface area contributed by atoms with Crippen molar-refractivity contribution in [3.8, 4) is 0 Å². The molecule has 1 nitrogen and oxygen atoms in total. The van der Waals surface area contributed by atoms with Crippen molar-refractivity contribution in [3.05, 3.63) is 29.3 Å². The summed E-state index contributed by atoms with van der Waals surface area (Å²) in [6.45, 7) is 0. The van der Waals surface area contributed by atoms with Crippen LogP contribution in [-0.2, 0) is 6.42 Å². The Labute approximate surface area is 111 Å². The minimum atomic E-state index is 0. The molecule has 0 fully saturated rings. The predicted molar refractivity (Wildman–Crippen MR) is 75.0 cm³/mol. The molecule has 1 aliphatic carbocycles. The first-order valence-electron chi connectivity index (χ1n) is 4.30. The van der Waals surface area contributed by atoms with Gasteiger partial charge in [-0.25, -0.2) is 0 Å². The molecule has 2 N–H and O–H groups in total. The first kappa shape index (κ1) is 14.3. The summed E-state index contributed by atoms with van der Waals surface area (Å²) in [6, 6.07) is 6.32. The highest BCUT2D eigenvalue weighted by molar-refractivity contribution is 14.1. The maximum absolute atomic E-state index is 5.72. The maximum atomic E-state index is 5.72. The van der Waals surface area contributed by atoms with E-state index in [9.17, 15) is 0 Å². The minimum absolute atomic E-state index is 0. The van der Waals surface area contributed by atoms with Gasteiger partial charge in [-0.05, 0) is 42.5 Å². The van der Waals surface area contributed by atoms with Gasteiger partial charge in [0.15, 0.2) is 0 Å². The van der Waals surface area contributed by atoms with Crippen LogP contribution in [0.5, 0.6) is 0 Å². The fraction of sp³-hybridized carbons (Fsp3) is 0.400. The monoisotopic (exact) mass is 345 g/mol. The van der Waals surface area contributed by atoms with E-state index in [2.05, 4.69) is 34.7 Å². The largest absolute Gasteiger partial charge is 0.399 e. The van der Waals surface area contributed by atoms with E-state index in [0.717, 1.165) is 5.69 Å². The summed E-state index contributed by atoms with van der Waals surface area (Å²) < 4.78 is 0.701. The molecule has 2 rings (SSSR count). The molecule has 0 aliphatic heterocycles. The van der Waals surface area contributed by atoms with Crippen LogP contribution in [-0.4, -0.2) is 0 Å². The van der Waals surface area contributed by atoms with Crippen LogP contribution in [0.3, 0.4) is 0 Å². The molecule has 1 aromatic carbocycles. The molecule has 1 atom stereocenters. The number of alkyl halides is 1. The number of aryl methyl sites for hydroxylation is 1. The van der Waals surface area contributed by atoms with Crippen LogP contribution in [0.25, 0.3) is 0 Å². The fourth-order valence-electron chi connectivity index (χ4n) is 1.77.